The maximum absolute atomic E-state index is 13.0. The summed E-state index contributed by atoms with van der Waals surface area (Å²) >= 11 is 0. The van der Waals surface area contributed by atoms with Gasteiger partial charge in [0.2, 0.25) is 5.91 Å². The molecule has 0 N–H and O–H groups in total. The Hall–Kier alpha value is -2.41. The van der Waals surface area contributed by atoms with Crippen LogP contribution >= 0.6 is 0 Å². The molecule has 140 valence electrons. The summed E-state index contributed by atoms with van der Waals surface area (Å²) in [7, 11) is 0. The molecular weight excluding hydrogens is 334 g/mol. The number of imide groups is 1. The highest BCUT2D eigenvalue weighted by atomic mass is 16.6. The summed E-state index contributed by atoms with van der Waals surface area (Å²) < 4.78 is 5.02. The molecule has 3 amide bonds. The molecule has 2 aliphatic rings. The molecule has 0 saturated carbocycles. The maximum atomic E-state index is 13.0. The molecule has 0 radical (unpaired) electrons. The van der Waals surface area contributed by atoms with Crippen LogP contribution in [0.4, 0.5) is 10.5 Å². The van der Waals surface area contributed by atoms with Crippen LogP contribution in [0.1, 0.15) is 24.5 Å². The molecule has 0 aliphatic carbocycles. The number of nitrogens with zero attached hydrogens (tertiary/aromatic N) is 3. The summed E-state index contributed by atoms with van der Waals surface area (Å²) in [6, 6.07) is 5.32. The van der Waals surface area contributed by atoms with Gasteiger partial charge in [0.15, 0.2) is 0 Å². The zero-order chi connectivity index (χ0) is 18.8. The third-order valence-electron chi connectivity index (χ3n) is 5.01. The summed E-state index contributed by atoms with van der Waals surface area (Å²) in [4.78, 5) is 42.3. The summed E-state index contributed by atoms with van der Waals surface area (Å²) in [5.41, 5.74) is 2.59. The van der Waals surface area contributed by atoms with Gasteiger partial charge in [0.25, 0.3) is 5.91 Å². The van der Waals surface area contributed by atoms with E-state index in [0.29, 0.717) is 38.5 Å². The first-order valence-electron chi connectivity index (χ1n) is 9.02. The molecule has 0 spiro atoms. The first-order valence-corrected chi connectivity index (χ1v) is 9.02. The molecule has 3 rings (SSSR count). The Morgan fingerprint density at radius 2 is 1.85 bits per heavy atom. The summed E-state index contributed by atoms with van der Waals surface area (Å²) in [6.45, 7) is 8.09. The summed E-state index contributed by atoms with van der Waals surface area (Å²) in [5.74, 6) is -0.338. The molecule has 0 unspecified atom stereocenters. The Kier molecular flexibility index (Phi) is 5.27. The average Bonchev–Trinajstić information content (AvgIpc) is 2.92. The van der Waals surface area contributed by atoms with E-state index < -0.39 is 6.04 Å². The quantitative estimate of drug-likeness (QED) is 0.769. The minimum atomic E-state index is -0.452. The fraction of sp³-hybridized carbons (Fsp3) is 0.526. The lowest BCUT2D eigenvalue weighted by Crippen LogP contribution is -2.54. The molecule has 2 fully saturated rings. The van der Waals surface area contributed by atoms with Gasteiger partial charge in [-0.15, -0.1) is 0 Å². The lowest BCUT2D eigenvalue weighted by atomic mass is 10.1. The minimum Gasteiger partial charge on any atom is -0.450 e. The predicted molar refractivity (Wildman–Crippen MR) is 97.0 cm³/mol. The molecular formula is C19H25N3O4. The topological polar surface area (TPSA) is 70.2 Å². The van der Waals surface area contributed by atoms with Crippen LogP contribution in [0.15, 0.2) is 18.2 Å². The molecule has 0 aromatic heterocycles. The Labute approximate surface area is 153 Å². The molecule has 7 nitrogen and oxygen atoms in total. The van der Waals surface area contributed by atoms with Gasteiger partial charge in [0, 0.05) is 26.2 Å². The first kappa shape index (κ1) is 18.4. The van der Waals surface area contributed by atoms with Crippen molar-refractivity contribution in [2.24, 2.45) is 0 Å². The van der Waals surface area contributed by atoms with Crippen LogP contribution in [-0.2, 0) is 14.3 Å². The number of hydrogen-bond acceptors (Lipinski definition) is 5. The van der Waals surface area contributed by atoms with Gasteiger partial charge in [0.1, 0.15) is 0 Å². The molecule has 26 heavy (non-hydrogen) atoms. The fourth-order valence-electron chi connectivity index (χ4n) is 3.55. The zero-order valence-corrected chi connectivity index (χ0v) is 15.5. The van der Waals surface area contributed by atoms with Crippen LogP contribution in [0.5, 0.6) is 0 Å². The molecule has 1 aromatic carbocycles. The molecule has 0 bridgehead atoms. The van der Waals surface area contributed by atoms with Crippen LogP contribution in [0, 0.1) is 13.8 Å². The molecule has 2 aliphatic heterocycles. The standard InChI is InChI=1S/C19H25N3O4/c1-4-26-19(25)21-9-7-20(8-10-21)16-12-17(23)22(18(16)24)15-11-13(2)5-6-14(15)3/h5-6,11,16H,4,7-10,12H2,1-3H3/t16-/m1/s1. The van der Waals surface area contributed by atoms with E-state index in [1.54, 1.807) is 11.8 Å². The molecule has 7 heteroatoms. The molecule has 2 heterocycles. The Morgan fingerprint density at radius 3 is 2.50 bits per heavy atom. The van der Waals surface area contributed by atoms with Gasteiger partial charge in [-0.2, -0.15) is 0 Å². The molecule has 2 saturated heterocycles. The van der Waals surface area contributed by atoms with Crippen LogP contribution < -0.4 is 4.90 Å². The van der Waals surface area contributed by atoms with Gasteiger partial charge in [-0.05, 0) is 38.0 Å². The third-order valence-corrected chi connectivity index (χ3v) is 5.01. The number of anilines is 1. The Morgan fingerprint density at radius 1 is 1.15 bits per heavy atom. The van der Waals surface area contributed by atoms with Crippen molar-refractivity contribution in [1.82, 2.24) is 9.80 Å². The predicted octanol–water partition coefficient (Wildman–Crippen LogP) is 1.71. The maximum Gasteiger partial charge on any atom is 0.409 e. The van der Waals surface area contributed by atoms with Crippen molar-refractivity contribution in [1.29, 1.82) is 0 Å². The normalized spacial score (nSPS) is 21.4. The van der Waals surface area contributed by atoms with E-state index in [1.165, 1.54) is 4.90 Å². The number of carbonyl (C=O) groups is 3. The smallest absolute Gasteiger partial charge is 0.409 e. The van der Waals surface area contributed by atoms with E-state index in [9.17, 15) is 14.4 Å². The number of aryl methyl sites for hydroxylation is 2. The van der Waals surface area contributed by atoms with Crippen LogP contribution in [0.3, 0.4) is 0 Å². The first-order chi connectivity index (χ1) is 12.4. The fourth-order valence-corrected chi connectivity index (χ4v) is 3.55. The van der Waals surface area contributed by atoms with Crippen LogP contribution in [-0.4, -0.2) is 66.5 Å². The second kappa shape index (κ2) is 7.45. The number of piperazine rings is 1. The van der Waals surface area contributed by atoms with Gasteiger partial charge >= 0.3 is 6.09 Å². The second-order valence-corrected chi connectivity index (χ2v) is 6.80. The molecule has 1 atom stereocenters. The highest BCUT2D eigenvalue weighted by molar-refractivity contribution is 6.22. The van der Waals surface area contributed by atoms with Crippen molar-refractivity contribution in [2.75, 3.05) is 37.7 Å². The number of hydrogen-bond donors (Lipinski definition) is 0. The highest BCUT2D eigenvalue weighted by Gasteiger charge is 2.44. The lowest BCUT2D eigenvalue weighted by molar-refractivity contribution is -0.123. The minimum absolute atomic E-state index is 0.165. The Balaban J connectivity index is 1.70. The van der Waals surface area contributed by atoms with E-state index in [-0.39, 0.29) is 24.3 Å². The van der Waals surface area contributed by atoms with Crippen molar-refractivity contribution in [3.63, 3.8) is 0 Å². The average molecular weight is 359 g/mol. The van der Waals surface area contributed by atoms with Gasteiger partial charge in [-0.1, -0.05) is 12.1 Å². The third kappa shape index (κ3) is 3.44. The van der Waals surface area contributed by atoms with E-state index in [4.69, 9.17) is 4.74 Å². The van der Waals surface area contributed by atoms with Gasteiger partial charge in [-0.3, -0.25) is 14.5 Å². The number of ether oxygens (including phenoxy) is 1. The van der Waals surface area contributed by atoms with E-state index in [1.807, 2.05) is 36.9 Å². The number of amides is 3. The van der Waals surface area contributed by atoms with E-state index in [0.717, 1.165) is 11.1 Å². The number of benzene rings is 1. The van der Waals surface area contributed by atoms with Crippen molar-refractivity contribution in [2.45, 2.75) is 33.2 Å². The zero-order valence-electron chi connectivity index (χ0n) is 15.5. The van der Waals surface area contributed by atoms with Gasteiger partial charge < -0.3 is 9.64 Å². The van der Waals surface area contributed by atoms with Crippen molar-refractivity contribution >= 4 is 23.6 Å². The summed E-state index contributed by atoms with van der Waals surface area (Å²) in [6.07, 6.45) is -0.135. The van der Waals surface area contributed by atoms with Gasteiger partial charge in [0.05, 0.1) is 24.8 Å². The number of carbonyl (C=O) groups excluding carboxylic acids is 3. The van der Waals surface area contributed by atoms with Crippen molar-refractivity contribution in [3.8, 4) is 0 Å². The van der Waals surface area contributed by atoms with Crippen LogP contribution in [0.2, 0.25) is 0 Å². The van der Waals surface area contributed by atoms with Crippen molar-refractivity contribution in [3.05, 3.63) is 29.3 Å². The van der Waals surface area contributed by atoms with Crippen LogP contribution in [0.25, 0.3) is 0 Å². The number of rotatable bonds is 3. The largest absolute Gasteiger partial charge is 0.450 e. The van der Waals surface area contributed by atoms with E-state index >= 15 is 0 Å². The molecule has 1 aromatic rings. The SMILES string of the molecule is CCOC(=O)N1CCN([C@@H]2CC(=O)N(c3cc(C)ccc3C)C2=O)CC1. The monoisotopic (exact) mass is 359 g/mol. The highest BCUT2D eigenvalue weighted by Crippen LogP contribution is 2.29. The lowest BCUT2D eigenvalue weighted by Gasteiger charge is -2.36. The van der Waals surface area contributed by atoms with E-state index in [2.05, 4.69) is 0 Å². The summed E-state index contributed by atoms with van der Waals surface area (Å²) in [5, 5.41) is 0. The van der Waals surface area contributed by atoms with Crippen molar-refractivity contribution < 1.29 is 19.1 Å². The second-order valence-electron chi connectivity index (χ2n) is 6.80. The Bertz CT molecular complexity index is 725. The van der Waals surface area contributed by atoms with Gasteiger partial charge in [-0.25, -0.2) is 9.69 Å².